The Morgan fingerprint density at radius 2 is 1.95 bits per heavy atom. The minimum Gasteiger partial charge on any atom is -0.294 e. The van der Waals surface area contributed by atoms with Gasteiger partial charge in [-0.25, -0.2) is 0 Å². The Kier molecular flexibility index (Phi) is 5.75. The van der Waals surface area contributed by atoms with Gasteiger partial charge in [-0.05, 0) is 43.7 Å². The molecule has 0 aromatic carbocycles. The number of nitrogens with zero attached hydrogens (tertiary/aromatic N) is 1. The van der Waals surface area contributed by atoms with Crippen molar-refractivity contribution >= 4 is 5.78 Å². The predicted octanol–water partition coefficient (Wildman–Crippen LogP) is 4.75. The first-order valence-corrected chi connectivity index (χ1v) is 8.26. The summed E-state index contributed by atoms with van der Waals surface area (Å²) in [6, 6.07) is 4.07. The van der Waals surface area contributed by atoms with Crippen LogP contribution in [0.4, 0.5) is 0 Å². The first-order valence-electron chi connectivity index (χ1n) is 8.26. The summed E-state index contributed by atoms with van der Waals surface area (Å²) >= 11 is 0. The normalized spacial score (nSPS) is 18.1. The van der Waals surface area contributed by atoms with E-state index in [1.165, 1.54) is 31.4 Å². The molecule has 1 aromatic heterocycles. The summed E-state index contributed by atoms with van der Waals surface area (Å²) in [6.45, 7) is 4.42. The maximum atomic E-state index is 12.1. The smallest absolute Gasteiger partial charge is 0.164 e. The highest BCUT2D eigenvalue weighted by Crippen LogP contribution is 2.27. The molecule has 0 bridgehead atoms. The van der Waals surface area contributed by atoms with Crippen LogP contribution >= 0.6 is 0 Å². The van der Waals surface area contributed by atoms with Gasteiger partial charge in [0, 0.05) is 17.7 Å². The van der Waals surface area contributed by atoms with Gasteiger partial charge in [0.25, 0.3) is 0 Å². The molecule has 0 amide bonds. The van der Waals surface area contributed by atoms with Crippen molar-refractivity contribution in [2.45, 2.75) is 71.6 Å². The highest BCUT2D eigenvalue weighted by atomic mass is 16.1. The summed E-state index contributed by atoms with van der Waals surface area (Å²) in [6.07, 6.45) is 10.2. The van der Waals surface area contributed by atoms with Crippen LogP contribution in [0.1, 0.15) is 80.5 Å². The number of carbonyl (C=O) groups is 1. The second-order valence-corrected chi connectivity index (χ2v) is 6.09. The van der Waals surface area contributed by atoms with Crippen molar-refractivity contribution in [1.82, 2.24) is 4.98 Å². The molecule has 0 spiro atoms. The number of hydrogen-bond donors (Lipinski definition) is 0. The molecular weight excluding hydrogens is 246 g/mol. The van der Waals surface area contributed by atoms with Crippen molar-refractivity contribution in [3.63, 3.8) is 0 Å². The standard InChI is InChI=1S/C18H27NO/c1-3-5-6-7-9-15-10-11-16-17(19-15)12-14(8-4-2)13-18(16)20/h10-11,14H,3-9,12-13H2,1-2H3. The van der Waals surface area contributed by atoms with Gasteiger partial charge in [-0.15, -0.1) is 0 Å². The van der Waals surface area contributed by atoms with Crippen LogP contribution in [-0.2, 0) is 12.8 Å². The van der Waals surface area contributed by atoms with E-state index in [-0.39, 0.29) is 0 Å². The summed E-state index contributed by atoms with van der Waals surface area (Å²) < 4.78 is 0. The van der Waals surface area contributed by atoms with Gasteiger partial charge in [0.1, 0.15) is 0 Å². The molecule has 110 valence electrons. The molecule has 20 heavy (non-hydrogen) atoms. The zero-order chi connectivity index (χ0) is 14.4. The Hall–Kier alpha value is -1.18. The van der Waals surface area contributed by atoms with Gasteiger partial charge in [0.15, 0.2) is 5.78 Å². The molecule has 1 aliphatic carbocycles. The van der Waals surface area contributed by atoms with Crippen LogP contribution in [0.25, 0.3) is 0 Å². The molecule has 2 heteroatoms. The number of aromatic nitrogens is 1. The zero-order valence-corrected chi connectivity index (χ0v) is 13.0. The van der Waals surface area contributed by atoms with Crippen LogP contribution in [0.3, 0.4) is 0 Å². The third-order valence-electron chi connectivity index (χ3n) is 4.27. The Bertz CT molecular complexity index is 453. The lowest BCUT2D eigenvalue weighted by Crippen LogP contribution is -2.21. The van der Waals surface area contributed by atoms with Crippen molar-refractivity contribution in [3.05, 3.63) is 29.1 Å². The molecule has 2 rings (SSSR count). The summed E-state index contributed by atoms with van der Waals surface area (Å²) in [4.78, 5) is 16.9. The minimum atomic E-state index is 0.301. The molecule has 2 nitrogen and oxygen atoms in total. The topological polar surface area (TPSA) is 30.0 Å². The number of Topliss-reactive ketones (excluding diaryl/α,β-unsaturated/α-hetero) is 1. The Morgan fingerprint density at radius 1 is 1.10 bits per heavy atom. The molecule has 0 saturated heterocycles. The first kappa shape index (κ1) is 15.2. The number of carbonyl (C=O) groups excluding carboxylic acids is 1. The lowest BCUT2D eigenvalue weighted by atomic mass is 9.83. The van der Waals surface area contributed by atoms with E-state index in [2.05, 4.69) is 19.9 Å². The van der Waals surface area contributed by atoms with E-state index in [9.17, 15) is 4.79 Å². The Balaban J connectivity index is 2.02. The molecule has 1 aliphatic rings. The van der Waals surface area contributed by atoms with Crippen LogP contribution in [-0.4, -0.2) is 10.8 Å². The number of aryl methyl sites for hydroxylation is 1. The van der Waals surface area contributed by atoms with Gasteiger partial charge >= 0.3 is 0 Å². The number of fused-ring (bicyclic) bond motifs is 1. The Morgan fingerprint density at radius 3 is 2.70 bits per heavy atom. The maximum Gasteiger partial charge on any atom is 0.164 e. The lowest BCUT2D eigenvalue weighted by molar-refractivity contribution is 0.0944. The highest BCUT2D eigenvalue weighted by molar-refractivity contribution is 5.98. The SMILES string of the molecule is CCCCCCc1ccc2c(n1)CC(CCC)CC2=O. The van der Waals surface area contributed by atoms with E-state index < -0.39 is 0 Å². The summed E-state index contributed by atoms with van der Waals surface area (Å²) in [5, 5.41) is 0. The largest absolute Gasteiger partial charge is 0.294 e. The second-order valence-electron chi connectivity index (χ2n) is 6.09. The van der Waals surface area contributed by atoms with Gasteiger partial charge in [0.2, 0.25) is 0 Å². The van der Waals surface area contributed by atoms with Crippen molar-refractivity contribution < 1.29 is 4.79 Å². The lowest BCUT2D eigenvalue weighted by Gasteiger charge is -2.22. The Labute approximate surface area is 123 Å². The van der Waals surface area contributed by atoms with Crippen molar-refractivity contribution in [2.24, 2.45) is 5.92 Å². The molecule has 1 heterocycles. The van der Waals surface area contributed by atoms with E-state index in [1.807, 2.05) is 6.07 Å². The molecule has 1 aromatic rings. The van der Waals surface area contributed by atoms with Crippen LogP contribution in [0.15, 0.2) is 12.1 Å². The molecule has 0 N–H and O–H groups in total. The first-order chi connectivity index (χ1) is 9.74. The summed E-state index contributed by atoms with van der Waals surface area (Å²) in [5.74, 6) is 0.817. The van der Waals surface area contributed by atoms with E-state index in [0.717, 1.165) is 43.4 Å². The van der Waals surface area contributed by atoms with Crippen LogP contribution in [0, 0.1) is 5.92 Å². The fourth-order valence-corrected chi connectivity index (χ4v) is 3.16. The zero-order valence-electron chi connectivity index (χ0n) is 13.0. The summed E-state index contributed by atoms with van der Waals surface area (Å²) in [7, 11) is 0. The van der Waals surface area contributed by atoms with Crippen molar-refractivity contribution in [3.8, 4) is 0 Å². The summed E-state index contributed by atoms with van der Waals surface area (Å²) in [5.41, 5.74) is 3.12. The second kappa shape index (κ2) is 7.56. The predicted molar refractivity (Wildman–Crippen MR) is 83.1 cm³/mol. The van der Waals surface area contributed by atoms with Crippen LogP contribution in [0.5, 0.6) is 0 Å². The maximum absolute atomic E-state index is 12.1. The average Bonchev–Trinajstić information content (AvgIpc) is 2.44. The fraction of sp³-hybridized carbons (Fsp3) is 0.667. The molecule has 1 unspecified atom stereocenters. The number of ketones is 1. The van der Waals surface area contributed by atoms with Gasteiger partial charge < -0.3 is 0 Å². The van der Waals surface area contributed by atoms with Crippen molar-refractivity contribution in [2.75, 3.05) is 0 Å². The van der Waals surface area contributed by atoms with Gasteiger partial charge in [0.05, 0.1) is 5.69 Å². The van der Waals surface area contributed by atoms with Gasteiger partial charge in [-0.3, -0.25) is 9.78 Å². The highest BCUT2D eigenvalue weighted by Gasteiger charge is 2.25. The number of unbranched alkanes of at least 4 members (excludes halogenated alkanes) is 3. The van der Waals surface area contributed by atoms with Gasteiger partial charge in [-0.1, -0.05) is 39.5 Å². The molecule has 0 saturated carbocycles. The third-order valence-corrected chi connectivity index (χ3v) is 4.27. The third kappa shape index (κ3) is 3.91. The van der Waals surface area contributed by atoms with Crippen molar-refractivity contribution in [1.29, 1.82) is 0 Å². The molecule has 1 atom stereocenters. The molecule has 0 aliphatic heterocycles. The minimum absolute atomic E-state index is 0.301. The van der Waals surface area contributed by atoms with E-state index in [0.29, 0.717) is 11.7 Å². The fourth-order valence-electron chi connectivity index (χ4n) is 3.16. The van der Waals surface area contributed by atoms with E-state index in [4.69, 9.17) is 4.98 Å². The van der Waals surface area contributed by atoms with E-state index in [1.54, 1.807) is 0 Å². The number of rotatable bonds is 7. The van der Waals surface area contributed by atoms with Gasteiger partial charge in [-0.2, -0.15) is 0 Å². The van der Waals surface area contributed by atoms with E-state index >= 15 is 0 Å². The monoisotopic (exact) mass is 273 g/mol. The van der Waals surface area contributed by atoms with Crippen LogP contribution < -0.4 is 0 Å². The average molecular weight is 273 g/mol. The quantitative estimate of drug-likeness (QED) is 0.671. The van der Waals surface area contributed by atoms with Crippen LogP contribution in [0.2, 0.25) is 0 Å². The molecule has 0 fully saturated rings. The molecule has 0 radical (unpaired) electrons. The number of pyridine rings is 1. The molecular formula is C18H27NO. The number of hydrogen-bond acceptors (Lipinski definition) is 2.